The molecule has 1 aromatic carbocycles. The molecule has 0 spiro atoms. The van der Waals surface area contributed by atoms with Crippen LogP contribution in [-0.2, 0) is 19.1 Å². The van der Waals surface area contributed by atoms with Crippen molar-refractivity contribution in [3.63, 3.8) is 0 Å². The van der Waals surface area contributed by atoms with Crippen molar-refractivity contribution in [2.75, 3.05) is 27.4 Å². The van der Waals surface area contributed by atoms with Gasteiger partial charge in [-0.3, -0.25) is 19.2 Å². The third kappa shape index (κ3) is 3.00. The molecule has 0 fully saturated rings. The fourth-order valence-corrected chi connectivity index (χ4v) is 2.59. The zero-order valence-corrected chi connectivity index (χ0v) is 14.5. The zero-order chi connectivity index (χ0) is 20.6. The SMILES string of the molecule is COCC(=O)On1c(=O)c2cc3c(=O)n(OC(=O)COC)c(=O)c3cc2c1=O. The Bertz CT molecular complexity index is 1130. The number of hydrogen-bond acceptors (Lipinski definition) is 10. The molecule has 3 aromatic rings. The van der Waals surface area contributed by atoms with Gasteiger partial charge in [0, 0.05) is 14.2 Å². The number of benzene rings is 1. The highest BCUT2D eigenvalue weighted by molar-refractivity contribution is 5.97. The van der Waals surface area contributed by atoms with Crippen molar-refractivity contribution in [1.82, 2.24) is 9.46 Å². The van der Waals surface area contributed by atoms with E-state index in [2.05, 4.69) is 19.1 Å². The van der Waals surface area contributed by atoms with E-state index in [-0.39, 0.29) is 31.0 Å². The molecule has 0 aliphatic heterocycles. The normalized spacial score (nSPS) is 11.2. The molecule has 0 aliphatic carbocycles. The highest BCUT2D eigenvalue weighted by atomic mass is 16.7. The Balaban J connectivity index is 2.19. The molecular formula is C16H12N2O10. The Morgan fingerprint density at radius 2 is 0.964 bits per heavy atom. The fraction of sp³-hybridized carbons (Fsp3) is 0.250. The minimum atomic E-state index is -0.998. The Kier molecular flexibility index (Phi) is 4.90. The lowest BCUT2D eigenvalue weighted by Gasteiger charge is -2.00. The third-order valence-electron chi connectivity index (χ3n) is 3.73. The van der Waals surface area contributed by atoms with Gasteiger partial charge in [-0.2, -0.15) is 0 Å². The Morgan fingerprint density at radius 1 is 0.679 bits per heavy atom. The summed E-state index contributed by atoms with van der Waals surface area (Å²) < 4.78 is 9.52. The second-order valence-corrected chi connectivity index (χ2v) is 5.55. The van der Waals surface area contributed by atoms with E-state index in [0.29, 0.717) is 0 Å². The van der Waals surface area contributed by atoms with Crippen LogP contribution in [0.15, 0.2) is 31.3 Å². The average molecular weight is 392 g/mol. The second kappa shape index (κ2) is 7.17. The first kappa shape index (κ1) is 19.1. The predicted molar refractivity (Wildman–Crippen MR) is 91.8 cm³/mol. The first-order chi connectivity index (χ1) is 13.3. The summed E-state index contributed by atoms with van der Waals surface area (Å²) in [6, 6.07) is 2.00. The summed E-state index contributed by atoms with van der Waals surface area (Å²) in [5.74, 6) is -1.99. The van der Waals surface area contributed by atoms with E-state index in [4.69, 9.17) is 0 Å². The van der Waals surface area contributed by atoms with E-state index in [1.54, 1.807) is 0 Å². The number of fused-ring (bicyclic) bond motifs is 2. The molecule has 0 saturated heterocycles. The van der Waals surface area contributed by atoms with Crippen molar-refractivity contribution in [1.29, 1.82) is 0 Å². The highest BCUT2D eigenvalue weighted by Gasteiger charge is 2.22. The monoisotopic (exact) mass is 392 g/mol. The second-order valence-electron chi connectivity index (χ2n) is 5.55. The first-order valence-corrected chi connectivity index (χ1v) is 7.65. The molecule has 3 rings (SSSR count). The van der Waals surface area contributed by atoms with Gasteiger partial charge in [-0.05, 0) is 12.1 Å². The highest BCUT2D eigenvalue weighted by Crippen LogP contribution is 2.14. The summed E-state index contributed by atoms with van der Waals surface area (Å²) in [6.07, 6.45) is 0. The van der Waals surface area contributed by atoms with Crippen molar-refractivity contribution >= 4 is 33.5 Å². The molecule has 0 atom stereocenters. The standard InChI is InChI=1S/C16H12N2O10/c1-25-5-11(19)27-17-13(21)7-3-9-10(4-8(7)14(17)22)16(24)18(15(9)23)28-12(20)6-26-2/h3-4H,5-6H2,1-2H3. The van der Waals surface area contributed by atoms with Crippen LogP contribution in [0.3, 0.4) is 0 Å². The van der Waals surface area contributed by atoms with Crippen molar-refractivity contribution < 1.29 is 28.7 Å². The van der Waals surface area contributed by atoms with Crippen LogP contribution in [0.25, 0.3) is 21.5 Å². The lowest BCUT2D eigenvalue weighted by atomic mass is 10.1. The van der Waals surface area contributed by atoms with Gasteiger partial charge in [0.15, 0.2) is 0 Å². The third-order valence-corrected chi connectivity index (χ3v) is 3.73. The van der Waals surface area contributed by atoms with Gasteiger partial charge in [0.2, 0.25) is 0 Å². The van der Waals surface area contributed by atoms with Crippen molar-refractivity contribution in [2.45, 2.75) is 0 Å². The van der Waals surface area contributed by atoms with Gasteiger partial charge in [0.05, 0.1) is 21.5 Å². The number of carbonyl (C=O) groups is 2. The Morgan fingerprint density at radius 3 is 1.21 bits per heavy atom. The molecule has 12 nitrogen and oxygen atoms in total. The summed E-state index contributed by atoms with van der Waals surface area (Å²) in [5, 5.41) is -0.999. The Labute approximate surface area is 153 Å². The largest absolute Gasteiger partial charge is 0.373 e. The van der Waals surface area contributed by atoms with E-state index in [1.165, 1.54) is 14.2 Å². The van der Waals surface area contributed by atoms with Gasteiger partial charge >= 0.3 is 11.9 Å². The van der Waals surface area contributed by atoms with E-state index in [0.717, 1.165) is 12.1 Å². The maximum absolute atomic E-state index is 12.4. The van der Waals surface area contributed by atoms with E-state index < -0.39 is 47.4 Å². The molecule has 0 aliphatic rings. The predicted octanol–water partition coefficient (Wildman–Crippen LogP) is -2.88. The van der Waals surface area contributed by atoms with Crippen LogP contribution in [0.1, 0.15) is 0 Å². The summed E-state index contributed by atoms with van der Waals surface area (Å²) >= 11 is 0. The molecule has 0 amide bonds. The molecule has 146 valence electrons. The topological polar surface area (TPSA) is 149 Å². The van der Waals surface area contributed by atoms with E-state index in [9.17, 15) is 28.8 Å². The van der Waals surface area contributed by atoms with Crippen molar-refractivity contribution in [3.05, 3.63) is 53.5 Å². The van der Waals surface area contributed by atoms with Gasteiger partial charge in [-0.1, -0.05) is 9.46 Å². The minimum Gasteiger partial charge on any atom is -0.373 e. The van der Waals surface area contributed by atoms with Crippen LogP contribution in [-0.4, -0.2) is 48.8 Å². The van der Waals surface area contributed by atoms with Crippen LogP contribution in [0.4, 0.5) is 0 Å². The van der Waals surface area contributed by atoms with E-state index >= 15 is 0 Å². The molecule has 28 heavy (non-hydrogen) atoms. The van der Waals surface area contributed by atoms with E-state index in [1.807, 2.05) is 0 Å². The van der Waals surface area contributed by atoms with Gasteiger partial charge in [0.1, 0.15) is 13.2 Å². The first-order valence-electron chi connectivity index (χ1n) is 7.65. The maximum Gasteiger partial charge on any atom is 0.358 e. The number of hydrogen-bond donors (Lipinski definition) is 0. The molecular weight excluding hydrogens is 380 g/mol. The number of rotatable bonds is 6. The summed E-state index contributed by atoms with van der Waals surface area (Å²) in [6.45, 7) is -0.995. The molecule has 0 bridgehead atoms. The number of methoxy groups -OCH3 is 2. The molecule has 0 radical (unpaired) electrons. The van der Waals surface area contributed by atoms with Gasteiger partial charge in [-0.15, -0.1) is 0 Å². The quantitative estimate of drug-likeness (QED) is 0.428. The maximum atomic E-state index is 12.4. The van der Waals surface area contributed by atoms with Crippen LogP contribution < -0.4 is 31.9 Å². The smallest absolute Gasteiger partial charge is 0.358 e. The lowest BCUT2D eigenvalue weighted by Crippen LogP contribution is -2.37. The lowest BCUT2D eigenvalue weighted by molar-refractivity contribution is -0.149. The average Bonchev–Trinajstić information content (AvgIpc) is 3.02. The van der Waals surface area contributed by atoms with Gasteiger partial charge in [-0.25, -0.2) is 9.59 Å². The van der Waals surface area contributed by atoms with Gasteiger partial charge in [0.25, 0.3) is 22.2 Å². The van der Waals surface area contributed by atoms with Crippen LogP contribution in [0, 0.1) is 0 Å². The number of ether oxygens (including phenoxy) is 2. The zero-order valence-electron chi connectivity index (χ0n) is 14.5. The van der Waals surface area contributed by atoms with Crippen LogP contribution in [0.5, 0.6) is 0 Å². The van der Waals surface area contributed by atoms with Crippen molar-refractivity contribution in [2.24, 2.45) is 0 Å². The Hall–Kier alpha value is -3.64. The van der Waals surface area contributed by atoms with Crippen LogP contribution >= 0.6 is 0 Å². The fourth-order valence-electron chi connectivity index (χ4n) is 2.59. The number of nitrogens with zero attached hydrogens (tertiary/aromatic N) is 2. The molecule has 2 aromatic heterocycles. The summed E-state index contributed by atoms with van der Waals surface area (Å²) in [7, 11) is 2.44. The molecule has 12 heteroatoms. The molecule has 0 N–H and O–H groups in total. The molecule has 2 heterocycles. The summed E-state index contributed by atoms with van der Waals surface area (Å²) in [5.41, 5.74) is -3.99. The van der Waals surface area contributed by atoms with Crippen LogP contribution in [0.2, 0.25) is 0 Å². The summed E-state index contributed by atoms with van der Waals surface area (Å²) in [4.78, 5) is 81.7. The van der Waals surface area contributed by atoms with Gasteiger partial charge < -0.3 is 19.1 Å². The number of carbonyl (C=O) groups excluding carboxylic acids is 2. The minimum absolute atomic E-state index is 0.215. The molecule has 0 saturated carbocycles. The number of aromatic nitrogens is 2. The molecule has 0 unspecified atom stereocenters. The van der Waals surface area contributed by atoms with Crippen molar-refractivity contribution in [3.8, 4) is 0 Å².